The molecule has 0 amide bonds. The van der Waals surface area contributed by atoms with E-state index in [0.717, 1.165) is 87.2 Å². The first kappa shape index (κ1) is 29.0. The molecule has 0 radical (unpaired) electrons. The predicted molar refractivity (Wildman–Crippen MR) is 157 cm³/mol. The van der Waals surface area contributed by atoms with Crippen LogP contribution in [0.1, 0.15) is 94.3 Å². The van der Waals surface area contributed by atoms with Crippen LogP contribution in [0.15, 0.2) is 56.8 Å². The number of aromatic nitrogens is 2. The zero-order valence-corrected chi connectivity index (χ0v) is 24.7. The van der Waals surface area contributed by atoms with Crippen molar-refractivity contribution < 1.29 is 13.8 Å². The van der Waals surface area contributed by atoms with Crippen molar-refractivity contribution >= 4 is 6.08 Å². The van der Waals surface area contributed by atoms with Crippen molar-refractivity contribution in [1.29, 1.82) is 0 Å². The van der Waals surface area contributed by atoms with E-state index in [1.54, 1.807) is 6.26 Å². The molecule has 39 heavy (non-hydrogen) atoms. The first-order valence-electron chi connectivity index (χ1n) is 14.6. The van der Waals surface area contributed by atoms with Gasteiger partial charge in [-0.15, -0.1) is 0 Å². The molecule has 1 fully saturated rings. The lowest BCUT2D eigenvalue weighted by molar-refractivity contribution is -0.0919. The summed E-state index contributed by atoms with van der Waals surface area (Å²) in [5.41, 5.74) is 9.16. The van der Waals surface area contributed by atoms with Gasteiger partial charge in [-0.25, -0.2) is 0 Å². The van der Waals surface area contributed by atoms with Gasteiger partial charge >= 0.3 is 0 Å². The minimum absolute atomic E-state index is 0.448. The van der Waals surface area contributed by atoms with Crippen molar-refractivity contribution in [3.63, 3.8) is 0 Å². The van der Waals surface area contributed by atoms with Gasteiger partial charge in [-0.05, 0) is 89.1 Å². The minimum atomic E-state index is -0.448. The summed E-state index contributed by atoms with van der Waals surface area (Å²) in [5, 5.41) is 8.61. The Kier molecular flexibility index (Phi) is 9.98. The molecule has 210 valence electrons. The van der Waals surface area contributed by atoms with E-state index in [0.29, 0.717) is 0 Å². The first-order chi connectivity index (χ1) is 18.9. The van der Waals surface area contributed by atoms with E-state index >= 15 is 0 Å². The molecule has 0 saturated carbocycles. The van der Waals surface area contributed by atoms with Gasteiger partial charge in [0.1, 0.15) is 12.0 Å². The maximum absolute atomic E-state index is 6.17. The predicted octanol–water partition coefficient (Wildman–Crippen LogP) is 8.27. The van der Waals surface area contributed by atoms with Crippen molar-refractivity contribution in [3.05, 3.63) is 75.8 Å². The van der Waals surface area contributed by atoms with Crippen LogP contribution in [0.25, 0.3) is 17.4 Å². The fourth-order valence-electron chi connectivity index (χ4n) is 5.42. The van der Waals surface area contributed by atoms with Crippen LogP contribution in [-0.2, 0) is 23.3 Å². The number of hydrogen-bond acceptors (Lipinski definition) is 6. The second kappa shape index (κ2) is 13.4. The second-order valence-corrected chi connectivity index (χ2v) is 10.9. The van der Waals surface area contributed by atoms with Crippen LogP contribution in [0.5, 0.6) is 0 Å². The smallest absolute Gasteiger partial charge is 0.168 e. The fourth-order valence-corrected chi connectivity index (χ4v) is 5.42. The van der Waals surface area contributed by atoms with Gasteiger partial charge in [0.05, 0.1) is 12.3 Å². The maximum Gasteiger partial charge on any atom is 0.168 e. The highest BCUT2D eigenvalue weighted by atomic mass is 16.5. The van der Waals surface area contributed by atoms with Crippen molar-refractivity contribution in [1.82, 2.24) is 15.2 Å². The monoisotopic (exact) mass is 531 g/mol. The summed E-state index contributed by atoms with van der Waals surface area (Å²) in [6.07, 6.45) is 14.4. The third-order valence-electron chi connectivity index (χ3n) is 8.33. The highest BCUT2D eigenvalue weighted by Crippen LogP contribution is 2.37. The number of allylic oxidation sites excluding steroid dienone is 3. The molecule has 6 heteroatoms. The molecule has 3 aromatic rings. The van der Waals surface area contributed by atoms with Crippen molar-refractivity contribution in [2.24, 2.45) is 0 Å². The average molecular weight is 532 g/mol. The number of rotatable bonds is 13. The SMILES string of the molecule is CCC(C)=C(C)/C=C\c1cc(-c2cc(CCCCCCC3(c4ccon4)OCCN3C)no2)c(CC)cc1C. The standard InChI is InChI=1S/C33H45N3O3/c1-7-24(3)25(4)14-15-28-22-30(27(8-2)21-26(28)5)31-23-29(34-39-31)13-11-9-10-12-17-33(32-16-19-38-35-32)36(6)18-20-37-33/h14-16,19,21-23H,7-13,17-18,20H2,1-6H3/b15-14-,25-24?. The first-order valence-corrected chi connectivity index (χ1v) is 14.6. The lowest BCUT2D eigenvalue weighted by Crippen LogP contribution is -2.40. The minimum Gasteiger partial charge on any atom is -0.364 e. The number of aryl methyl sites for hydroxylation is 3. The molecule has 1 unspecified atom stereocenters. The summed E-state index contributed by atoms with van der Waals surface area (Å²) >= 11 is 0. The molecular weight excluding hydrogens is 486 g/mol. The molecule has 0 bridgehead atoms. The molecule has 0 aliphatic carbocycles. The summed E-state index contributed by atoms with van der Waals surface area (Å²) in [5.74, 6) is 0.865. The highest BCUT2D eigenvalue weighted by Gasteiger charge is 2.43. The Hall–Kier alpha value is -2.96. The van der Waals surface area contributed by atoms with Gasteiger partial charge in [0.25, 0.3) is 0 Å². The van der Waals surface area contributed by atoms with Gasteiger partial charge in [0.2, 0.25) is 0 Å². The van der Waals surface area contributed by atoms with Gasteiger partial charge in [0, 0.05) is 24.2 Å². The molecule has 2 aromatic heterocycles. The van der Waals surface area contributed by atoms with E-state index in [-0.39, 0.29) is 0 Å². The van der Waals surface area contributed by atoms with Gasteiger partial charge in [-0.1, -0.05) is 66.4 Å². The molecule has 1 aromatic carbocycles. The third-order valence-corrected chi connectivity index (χ3v) is 8.33. The number of hydrogen-bond donors (Lipinski definition) is 0. The second-order valence-electron chi connectivity index (χ2n) is 10.9. The molecule has 1 aliphatic heterocycles. The Morgan fingerprint density at radius 3 is 2.59 bits per heavy atom. The number of likely N-dealkylation sites (N-methyl/N-ethyl adjacent to an activating group) is 1. The van der Waals surface area contributed by atoms with Crippen LogP contribution in [0, 0.1) is 6.92 Å². The molecule has 6 nitrogen and oxygen atoms in total. The molecular formula is C33H45N3O3. The zero-order valence-electron chi connectivity index (χ0n) is 24.7. The number of benzene rings is 1. The van der Waals surface area contributed by atoms with Gasteiger partial charge in [-0.2, -0.15) is 0 Å². The Balaban J connectivity index is 1.33. The van der Waals surface area contributed by atoms with Gasteiger partial charge < -0.3 is 13.8 Å². The van der Waals surface area contributed by atoms with E-state index < -0.39 is 5.72 Å². The van der Waals surface area contributed by atoms with Crippen LogP contribution in [-0.4, -0.2) is 35.4 Å². The fraction of sp³-hybridized carbons (Fsp3) is 0.515. The topological polar surface area (TPSA) is 64.5 Å². The molecule has 1 aliphatic rings. The van der Waals surface area contributed by atoms with E-state index in [2.05, 4.69) is 87.2 Å². The van der Waals surface area contributed by atoms with Crippen LogP contribution in [0.2, 0.25) is 0 Å². The van der Waals surface area contributed by atoms with Crippen LogP contribution >= 0.6 is 0 Å². The van der Waals surface area contributed by atoms with E-state index in [9.17, 15) is 0 Å². The Morgan fingerprint density at radius 1 is 1.08 bits per heavy atom. The number of unbranched alkanes of at least 4 members (excludes halogenated alkanes) is 3. The number of nitrogens with zero attached hydrogens (tertiary/aromatic N) is 3. The summed E-state index contributed by atoms with van der Waals surface area (Å²) < 4.78 is 17.1. The van der Waals surface area contributed by atoms with Gasteiger partial charge in [-0.3, -0.25) is 4.90 Å². The van der Waals surface area contributed by atoms with Crippen molar-refractivity contribution in [2.45, 2.75) is 91.7 Å². The largest absolute Gasteiger partial charge is 0.364 e. The normalized spacial score (nSPS) is 18.8. The van der Waals surface area contributed by atoms with Crippen LogP contribution in [0.3, 0.4) is 0 Å². The van der Waals surface area contributed by atoms with Crippen molar-refractivity contribution in [2.75, 3.05) is 20.2 Å². The summed E-state index contributed by atoms with van der Waals surface area (Å²) in [4.78, 5) is 2.25. The molecule has 0 N–H and O–H groups in total. The highest BCUT2D eigenvalue weighted by molar-refractivity contribution is 5.70. The molecule has 0 spiro atoms. The zero-order chi connectivity index (χ0) is 27.8. The summed E-state index contributed by atoms with van der Waals surface area (Å²) in [6, 6.07) is 8.61. The molecule has 1 atom stereocenters. The Bertz CT molecular complexity index is 1270. The van der Waals surface area contributed by atoms with E-state index in [1.165, 1.54) is 27.8 Å². The quantitative estimate of drug-likeness (QED) is 0.163. The summed E-state index contributed by atoms with van der Waals surface area (Å²) in [6.45, 7) is 12.6. The average Bonchev–Trinajstić information content (AvgIpc) is 3.71. The van der Waals surface area contributed by atoms with E-state index in [1.807, 2.05) is 6.07 Å². The van der Waals surface area contributed by atoms with Crippen LogP contribution in [0.4, 0.5) is 0 Å². The Morgan fingerprint density at radius 2 is 1.90 bits per heavy atom. The van der Waals surface area contributed by atoms with Gasteiger partial charge in [0.15, 0.2) is 11.5 Å². The van der Waals surface area contributed by atoms with Crippen LogP contribution < -0.4 is 0 Å². The number of ether oxygens (including phenoxy) is 1. The maximum atomic E-state index is 6.17. The molecule has 4 rings (SSSR count). The van der Waals surface area contributed by atoms with Crippen molar-refractivity contribution in [3.8, 4) is 11.3 Å². The molecule has 3 heterocycles. The molecule has 1 saturated heterocycles. The lowest BCUT2D eigenvalue weighted by atomic mass is 9.95. The summed E-state index contributed by atoms with van der Waals surface area (Å²) in [7, 11) is 2.10. The third kappa shape index (κ3) is 6.79. The van der Waals surface area contributed by atoms with E-state index in [4.69, 9.17) is 13.8 Å². The Labute approximate surface area is 234 Å². The lowest BCUT2D eigenvalue weighted by Gasteiger charge is -2.32.